The molecule has 0 unspecified atom stereocenters. The third kappa shape index (κ3) is 5.88. The van der Waals surface area contributed by atoms with Crippen LogP contribution in [0.4, 0.5) is 11.4 Å². The van der Waals surface area contributed by atoms with E-state index in [2.05, 4.69) is 10.0 Å². The molecule has 0 aliphatic rings. The molecule has 3 aromatic rings. The van der Waals surface area contributed by atoms with Crippen molar-refractivity contribution in [3.05, 3.63) is 77.8 Å². The van der Waals surface area contributed by atoms with Gasteiger partial charge in [-0.15, -0.1) is 0 Å². The van der Waals surface area contributed by atoms with Gasteiger partial charge < -0.3 is 14.8 Å². The first-order valence-corrected chi connectivity index (χ1v) is 10.7. The van der Waals surface area contributed by atoms with Gasteiger partial charge in [-0.25, -0.2) is 8.42 Å². The van der Waals surface area contributed by atoms with Gasteiger partial charge in [0.15, 0.2) is 6.61 Å². The number of nitrogens with one attached hydrogen (secondary N) is 2. The highest BCUT2D eigenvalue weighted by molar-refractivity contribution is 7.92. The predicted molar refractivity (Wildman–Crippen MR) is 116 cm³/mol. The number of rotatable bonds is 8. The van der Waals surface area contributed by atoms with Crippen LogP contribution in [-0.4, -0.2) is 28.0 Å². The number of carbonyl (C=O) groups is 1. The lowest BCUT2D eigenvalue weighted by atomic mass is 10.3. The van der Waals surface area contributed by atoms with Crippen molar-refractivity contribution in [2.45, 2.75) is 4.90 Å². The van der Waals surface area contributed by atoms with Gasteiger partial charge in [-0.05, 0) is 54.6 Å². The van der Waals surface area contributed by atoms with Crippen LogP contribution in [-0.2, 0) is 14.8 Å². The number of halogens is 1. The molecule has 0 aliphatic carbocycles. The van der Waals surface area contributed by atoms with Gasteiger partial charge in [-0.2, -0.15) is 0 Å². The maximum absolute atomic E-state index is 12.5. The molecule has 156 valence electrons. The number of amides is 1. The Morgan fingerprint density at radius 3 is 2.33 bits per heavy atom. The van der Waals surface area contributed by atoms with Gasteiger partial charge in [0.1, 0.15) is 11.5 Å². The highest BCUT2D eigenvalue weighted by atomic mass is 35.5. The lowest BCUT2D eigenvalue weighted by molar-refractivity contribution is -0.118. The SMILES string of the molecule is COc1cccc(NS(=O)(=O)c2ccc(OCC(=O)Nc3cccc(Cl)c3)cc2)c1. The fourth-order valence-corrected chi connectivity index (χ4v) is 3.77. The first kappa shape index (κ1) is 21.5. The molecule has 0 bridgehead atoms. The van der Waals surface area contributed by atoms with Crippen molar-refractivity contribution in [1.82, 2.24) is 0 Å². The normalized spacial score (nSPS) is 10.9. The molecule has 7 nitrogen and oxygen atoms in total. The number of hydrogen-bond donors (Lipinski definition) is 2. The summed E-state index contributed by atoms with van der Waals surface area (Å²) < 4.78 is 38.1. The smallest absolute Gasteiger partial charge is 0.262 e. The maximum Gasteiger partial charge on any atom is 0.262 e. The number of ether oxygens (including phenoxy) is 2. The van der Waals surface area contributed by atoms with Crippen LogP contribution in [0, 0.1) is 0 Å². The zero-order valence-electron chi connectivity index (χ0n) is 16.0. The van der Waals surface area contributed by atoms with E-state index in [0.717, 1.165) is 0 Å². The maximum atomic E-state index is 12.5. The number of methoxy groups -OCH3 is 1. The Morgan fingerprint density at radius 1 is 0.933 bits per heavy atom. The van der Waals surface area contributed by atoms with Crippen molar-refractivity contribution in [2.75, 3.05) is 23.8 Å². The molecular formula is C21H19ClN2O5S. The van der Waals surface area contributed by atoms with Gasteiger partial charge in [0, 0.05) is 16.8 Å². The van der Waals surface area contributed by atoms with Crippen molar-refractivity contribution >= 4 is 38.9 Å². The molecule has 3 rings (SSSR count). The number of anilines is 2. The molecule has 30 heavy (non-hydrogen) atoms. The average Bonchev–Trinajstić information content (AvgIpc) is 2.72. The van der Waals surface area contributed by atoms with E-state index >= 15 is 0 Å². The summed E-state index contributed by atoms with van der Waals surface area (Å²) in [7, 11) is -2.28. The number of sulfonamides is 1. The summed E-state index contributed by atoms with van der Waals surface area (Å²) >= 11 is 5.88. The van der Waals surface area contributed by atoms with Crippen LogP contribution < -0.4 is 19.5 Å². The Balaban J connectivity index is 1.59. The van der Waals surface area contributed by atoms with Gasteiger partial charge in [-0.3, -0.25) is 9.52 Å². The molecule has 0 saturated carbocycles. The van der Waals surface area contributed by atoms with Gasteiger partial charge in [0.2, 0.25) is 0 Å². The predicted octanol–water partition coefficient (Wildman–Crippen LogP) is 4.17. The van der Waals surface area contributed by atoms with E-state index < -0.39 is 10.0 Å². The summed E-state index contributed by atoms with van der Waals surface area (Å²) in [6.07, 6.45) is 0. The van der Waals surface area contributed by atoms with E-state index in [1.54, 1.807) is 48.5 Å². The minimum Gasteiger partial charge on any atom is -0.497 e. The van der Waals surface area contributed by atoms with Crippen molar-refractivity contribution < 1.29 is 22.7 Å². The van der Waals surface area contributed by atoms with E-state index in [4.69, 9.17) is 21.1 Å². The fraction of sp³-hybridized carbons (Fsp3) is 0.0952. The third-order valence-electron chi connectivity index (χ3n) is 3.93. The van der Waals surface area contributed by atoms with Crippen LogP contribution in [0.2, 0.25) is 5.02 Å². The number of hydrogen-bond acceptors (Lipinski definition) is 5. The van der Waals surface area contributed by atoms with E-state index in [1.165, 1.54) is 31.4 Å². The molecule has 9 heteroatoms. The van der Waals surface area contributed by atoms with Gasteiger partial charge in [0.05, 0.1) is 17.7 Å². The second-order valence-electron chi connectivity index (χ2n) is 6.16. The van der Waals surface area contributed by atoms with Crippen LogP contribution >= 0.6 is 11.6 Å². The lowest BCUT2D eigenvalue weighted by Gasteiger charge is -2.11. The molecule has 0 saturated heterocycles. The molecule has 1 amide bonds. The molecule has 2 N–H and O–H groups in total. The molecule has 0 radical (unpaired) electrons. The summed E-state index contributed by atoms with van der Waals surface area (Å²) in [5, 5.41) is 3.17. The molecule has 0 atom stereocenters. The average molecular weight is 447 g/mol. The Morgan fingerprint density at radius 2 is 1.63 bits per heavy atom. The number of benzene rings is 3. The van der Waals surface area contributed by atoms with Crippen molar-refractivity contribution in [2.24, 2.45) is 0 Å². The Kier molecular flexibility index (Phi) is 6.81. The van der Waals surface area contributed by atoms with Crippen LogP contribution in [0.1, 0.15) is 0 Å². The third-order valence-corrected chi connectivity index (χ3v) is 5.57. The molecule has 0 aliphatic heterocycles. The molecule has 3 aromatic carbocycles. The summed E-state index contributed by atoms with van der Waals surface area (Å²) in [5.41, 5.74) is 0.938. The molecule has 0 fully saturated rings. The Bertz CT molecular complexity index is 1130. The van der Waals surface area contributed by atoms with Crippen molar-refractivity contribution in [3.63, 3.8) is 0 Å². The summed E-state index contributed by atoms with van der Waals surface area (Å²) in [6.45, 7) is -0.235. The van der Waals surface area contributed by atoms with E-state index in [9.17, 15) is 13.2 Å². The minimum absolute atomic E-state index is 0.0565. The summed E-state index contributed by atoms with van der Waals surface area (Å²) in [4.78, 5) is 12.0. The zero-order chi connectivity index (χ0) is 21.6. The molecule has 0 aromatic heterocycles. The van der Waals surface area contributed by atoms with Crippen molar-refractivity contribution in [1.29, 1.82) is 0 Å². The first-order chi connectivity index (χ1) is 14.4. The summed E-state index contributed by atoms with van der Waals surface area (Å²) in [5.74, 6) is 0.528. The Labute approximate surface area is 179 Å². The quantitative estimate of drug-likeness (QED) is 0.541. The lowest BCUT2D eigenvalue weighted by Crippen LogP contribution is -2.20. The van der Waals surface area contributed by atoms with Gasteiger partial charge >= 0.3 is 0 Å². The highest BCUT2D eigenvalue weighted by Crippen LogP contribution is 2.22. The van der Waals surface area contributed by atoms with Crippen molar-refractivity contribution in [3.8, 4) is 11.5 Å². The van der Waals surface area contributed by atoms with E-state index in [-0.39, 0.29) is 17.4 Å². The number of carbonyl (C=O) groups excluding carboxylic acids is 1. The van der Waals surface area contributed by atoms with Gasteiger partial charge in [-0.1, -0.05) is 23.7 Å². The van der Waals surface area contributed by atoms with E-state index in [1.807, 2.05) is 0 Å². The molecule has 0 heterocycles. The molecular weight excluding hydrogens is 428 g/mol. The van der Waals surface area contributed by atoms with Crippen LogP contribution in [0.5, 0.6) is 11.5 Å². The van der Waals surface area contributed by atoms with Crippen LogP contribution in [0.3, 0.4) is 0 Å². The van der Waals surface area contributed by atoms with E-state index in [0.29, 0.717) is 27.9 Å². The zero-order valence-corrected chi connectivity index (χ0v) is 17.5. The second-order valence-corrected chi connectivity index (χ2v) is 8.27. The monoisotopic (exact) mass is 446 g/mol. The molecule has 0 spiro atoms. The Hall–Kier alpha value is -3.23. The topological polar surface area (TPSA) is 93.7 Å². The second kappa shape index (κ2) is 9.51. The van der Waals surface area contributed by atoms with Gasteiger partial charge in [0.25, 0.3) is 15.9 Å². The standard InChI is InChI=1S/C21H19ClN2O5S/c1-28-19-7-3-6-17(13-19)24-30(26,27)20-10-8-18(9-11-20)29-14-21(25)23-16-5-2-4-15(22)12-16/h2-13,24H,14H2,1H3,(H,23,25). The first-order valence-electron chi connectivity index (χ1n) is 8.81. The van der Waals surface area contributed by atoms with Crippen LogP contribution in [0.25, 0.3) is 0 Å². The summed E-state index contributed by atoms with van der Waals surface area (Å²) in [6, 6.07) is 19.1. The minimum atomic E-state index is -3.78. The van der Waals surface area contributed by atoms with Crippen LogP contribution in [0.15, 0.2) is 77.7 Å². The largest absolute Gasteiger partial charge is 0.497 e. The highest BCUT2D eigenvalue weighted by Gasteiger charge is 2.15. The fourth-order valence-electron chi connectivity index (χ4n) is 2.53.